The molecule has 68 heavy (non-hydrogen) atoms. The van der Waals surface area contributed by atoms with Crippen LogP contribution in [-0.4, -0.2) is 133 Å². The van der Waals surface area contributed by atoms with E-state index in [1.54, 1.807) is 6.92 Å². The quantitative estimate of drug-likeness (QED) is 0.108. The van der Waals surface area contributed by atoms with Gasteiger partial charge in [0.2, 0.25) is 0 Å². The number of nitrogens with zero attached hydrogens (tertiary/aromatic N) is 6. The van der Waals surface area contributed by atoms with Gasteiger partial charge in [0.1, 0.15) is 23.4 Å². The van der Waals surface area contributed by atoms with E-state index in [1.165, 1.54) is 0 Å². The molecule has 2 aromatic carbocycles. The van der Waals surface area contributed by atoms with Crippen LogP contribution in [-0.2, 0) is 15.9 Å². The number of carbonyl (C=O) groups excluding carboxylic acids is 2. The molecule has 4 saturated heterocycles. The molecule has 14 nitrogen and oxygen atoms in total. The fourth-order valence-electron chi connectivity index (χ4n) is 9.16. The molecule has 0 bridgehead atoms. The third kappa shape index (κ3) is 13.7. The molecular formula is C54H72N8O6. The Morgan fingerprint density at radius 3 is 1.63 bits per heavy atom. The summed E-state index contributed by atoms with van der Waals surface area (Å²) in [6.07, 6.45) is 4.66. The molecule has 4 aromatic rings. The molecule has 0 radical (unpaired) electrons. The lowest BCUT2D eigenvalue weighted by atomic mass is 9.98. The van der Waals surface area contributed by atoms with Crippen LogP contribution in [0.5, 0.6) is 0 Å². The molecule has 14 heteroatoms. The number of likely N-dealkylation sites (tertiary alicyclic amines) is 2. The summed E-state index contributed by atoms with van der Waals surface area (Å²) in [7, 11) is 0. The van der Waals surface area contributed by atoms with Crippen molar-refractivity contribution in [1.82, 2.24) is 19.8 Å². The zero-order valence-corrected chi connectivity index (χ0v) is 41.0. The molecule has 0 saturated carbocycles. The van der Waals surface area contributed by atoms with Crippen LogP contribution in [0.2, 0.25) is 0 Å². The summed E-state index contributed by atoms with van der Waals surface area (Å²) in [5, 5.41) is 25.6. The van der Waals surface area contributed by atoms with Gasteiger partial charge in [-0.25, -0.2) is 19.6 Å². The molecule has 4 aliphatic rings. The van der Waals surface area contributed by atoms with E-state index < -0.39 is 6.10 Å². The maximum atomic E-state index is 12.8. The minimum atomic E-state index is -0.726. The molecule has 0 aliphatic carbocycles. The lowest BCUT2D eigenvalue weighted by Gasteiger charge is -2.28. The monoisotopic (exact) mass is 929 g/mol. The van der Waals surface area contributed by atoms with Crippen LogP contribution >= 0.6 is 0 Å². The van der Waals surface area contributed by atoms with E-state index in [4.69, 9.17) is 19.4 Å². The van der Waals surface area contributed by atoms with Gasteiger partial charge in [-0.2, -0.15) is 0 Å². The van der Waals surface area contributed by atoms with Crippen molar-refractivity contribution in [3.8, 4) is 34.1 Å². The van der Waals surface area contributed by atoms with Crippen LogP contribution in [0.1, 0.15) is 82.3 Å². The van der Waals surface area contributed by atoms with E-state index in [0.717, 1.165) is 140 Å². The number of anilines is 4. The number of aromatic nitrogens is 2. The number of urea groups is 2. The molecule has 8 rings (SSSR count). The Morgan fingerprint density at radius 2 is 1.18 bits per heavy atom. The average Bonchev–Trinajstić information content (AvgIpc) is 4.06. The van der Waals surface area contributed by atoms with Gasteiger partial charge in [-0.3, -0.25) is 0 Å². The maximum absolute atomic E-state index is 12.8. The van der Waals surface area contributed by atoms with E-state index in [-0.39, 0.29) is 18.2 Å². The van der Waals surface area contributed by atoms with Crippen molar-refractivity contribution in [3.63, 3.8) is 0 Å². The fourth-order valence-corrected chi connectivity index (χ4v) is 9.16. The van der Waals surface area contributed by atoms with E-state index in [2.05, 4.69) is 90.3 Å². The van der Waals surface area contributed by atoms with Crippen LogP contribution in [0.3, 0.4) is 0 Å². The van der Waals surface area contributed by atoms with Gasteiger partial charge >= 0.3 is 12.1 Å². The zero-order valence-electron chi connectivity index (χ0n) is 41.0. The minimum absolute atomic E-state index is 0.0212. The van der Waals surface area contributed by atoms with Crippen molar-refractivity contribution in [1.29, 1.82) is 0 Å². The van der Waals surface area contributed by atoms with Crippen LogP contribution < -0.4 is 20.4 Å². The molecule has 4 atom stereocenters. The number of rotatable bonds is 11. The van der Waals surface area contributed by atoms with Gasteiger partial charge in [0, 0.05) is 69.4 Å². The number of benzene rings is 2. The predicted molar refractivity (Wildman–Crippen MR) is 271 cm³/mol. The Kier molecular flexibility index (Phi) is 17.7. The largest absolute Gasteiger partial charge is 0.393 e. The highest BCUT2D eigenvalue weighted by atomic mass is 16.5. The van der Waals surface area contributed by atoms with Crippen LogP contribution in [0.25, 0.3) is 22.3 Å². The van der Waals surface area contributed by atoms with Gasteiger partial charge in [-0.1, -0.05) is 44.7 Å². The van der Waals surface area contributed by atoms with Crippen molar-refractivity contribution in [3.05, 3.63) is 83.2 Å². The molecule has 364 valence electrons. The standard InChI is InChI=1S/C27H38N4O3.C27H34N4O3/c2*1-4-21-9-10-31(18-21)27(33)29-24-7-5-19(2)25(17-24)22-15-23(8-6-20(3)32)28-26(16-22)30-11-13-34-14-12-30/h5,7,15-17,20-21,32H,4,6,8-14,18H2,1-3H3,(H,29,33);5,7,15-17,20-21,32H,4,9-14,18H2,1-3H3,(H,29,33)/t2*20-,21-/m11/s1. The van der Waals surface area contributed by atoms with Gasteiger partial charge < -0.3 is 49.9 Å². The number of pyridine rings is 2. The van der Waals surface area contributed by atoms with Crippen molar-refractivity contribution >= 4 is 35.1 Å². The number of morpholine rings is 2. The molecule has 6 heterocycles. The highest BCUT2D eigenvalue weighted by Crippen LogP contribution is 2.33. The summed E-state index contributed by atoms with van der Waals surface area (Å²) in [6.45, 7) is 21.1. The van der Waals surface area contributed by atoms with Gasteiger partial charge in [-0.15, -0.1) is 0 Å². The van der Waals surface area contributed by atoms with E-state index in [9.17, 15) is 19.8 Å². The Balaban J connectivity index is 0.000000201. The number of ether oxygens (including phenoxy) is 2. The second-order valence-corrected chi connectivity index (χ2v) is 18.8. The second kappa shape index (κ2) is 24.0. The molecule has 0 unspecified atom stereocenters. The summed E-state index contributed by atoms with van der Waals surface area (Å²) >= 11 is 0. The van der Waals surface area contributed by atoms with E-state index in [1.807, 2.05) is 47.1 Å². The molecule has 4 fully saturated rings. The van der Waals surface area contributed by atoms with E-state index in [0.29, 0.717) is 56.8 Å². The van der Waals surface area contributed by atoms with Gasteiger partial charge in [0.05, 0.1) is 32.5 Å². The van der Waals surface area contributed by atoms with Gasteiger partial charge in [0.25, 0.3) is 0 Å². The number of hydrogen-bond acceptors (Lipinski definition) is 10. The van der Waals surface area contributed by atoms with Crippen LogP contribution in [0, 0.1) is 37.5 Å². The predicted octanol–water partition coefficient (Wildman–Crippen LogP) is 8.36. The van der Waals surface area contributed by atoms with Crippen molar-refractivity contribution in [2.45, 2.75) is 92.3 Å². The lowest BCUT2D eigenvalue weighted by molar-refractivity contribution is 0.122. The summed E-state index contributed by atoms with van der Waals surface area (Å²) in [5.41, 5.74) is 9.55. The molecule has 4 N–H and O–H groups in total. The summed E-state index contributed by atoms with van der Waals surface area (Å²) in [6, 6.07) is 20.3. The SMILES string of the molecule is CC[C@@H]1CCN(C(=O)Nc2ccc(C)c(-c3cc(C#C[C@@H](C)O)nc(N4CCOCC4)c3)c2)C1.CC[C@@H]1CCN(C(=O)Nc2ccc(C)c(-c3cc(CC[C@@H](C)O)nc(N4CCOCC4)c3)c2)C1. The summed E-state index contributed by atoms with van der Waals surface area (Å²) in [4.78, 5) is 43.6. The smallest absolute Gasteiger partial charge is 0.321 e. The first kappa shape index (κ1) is 50.2. The number of aryl methyl sites for hydroxylation is 3. The number of nitrogens with one attached hydrogen (secondary N) is 2. The summed E-state index contributed by atoms with van der Waals surface area (Å²) < 4.78 is 11.0. The first-order chi connectivity index (χ1) is 32.8. The molecule has 2 aromatic heterocycles. The molecular weight excluding hydrogens is 857 g/mol. The van der Waals surface area contributed by atoms with Crippen molar-refractivity contribution < 1.29 is 29.3 Å². The topological polar surface area (TPSA) is 156 Å². The number of aliphatic hydroxyl groups is 2. The number of aliphatic hydroxyl groups excluding tert-OH is 2. The number of amides is 4. The van der Waals surface area contributed by atoms with Gasteiger partial charge in [-0.05, 0) is 153 Å². The van der Waals surface area contributed by atoms with Crippen LogP contribution in [0.4, 0.5) is 32.6 Å². The summed E-state index contributed by atoms with van der Waals surface area (Å²) in [5.74, 6) is 8.78. The zero-order chi connectivity index (χ0) is 48.2. The Morgan fingerprint density at radius 1 is 0.691 bits per heavy atom. The third-order valence-electron chi connectivity index (χ3n) is 13.5. The fraction of sp³-hybridized carbons (Fsp3) is 0.519. The van der Waals surface area contributed by atoms with Crippen LogP contribution in [0.15, 0.2) is 60.7 Å². The molecule has 4 aliphatic heterocycles. The Hall–Kier alpha value is -5.72. The molecule has 0 spiro atoms. The van der Waals surface area contributed by atoms with Gasteiger partial charge in [0.15, 0.2) is 0 Å². The van der Waals surface area contributed by atoms with Crippen molar-refractivity contribution in [2.75, 3.05) is 99.2 Å². The normalized spacial score (nSPS) is 19.1. The number of carbonyl (C=O) groups is 2. The highest BCUT2D eigenvalue weighted by molar-refractivity contribution is 5.91. The average molecular weight is 929 g/mol. The highest BCUT2D eigenvalue weighted by Gasteiger charge is 2.27. The maximum Gasteiger partial charge on any atom is 0.321 e. The third-order valence-corrected chi connectivity index (χ3v) is 13.5. The Labute approximate surface area is 403 Å². The second-order valence-electron chi connectivity index (χ2n) is 18.8. The lowest BCUT2D eigenvalue weighted by Crippen LogP contribution is -2.36. The molecule has 4 amide bonds. The van der Waals surface area contributed by atoms with E-state index >= 15 is 0 Å². The first-order valence-corrected chi connectivity index (χ1v) is 24.8. The Bertz CT molecular complexity index is 2400. The minimum Gasteiger partial charge on any atom is -0.393 e. The number of hydrogen-bond donors (Lipinski definition) is 4. The first-order valence-electron chi connectivity index (χ1n) is 24.8. The van der Waals surface area contributed by atoms with Crippen molar-refractivity contribution in [2.24, 2.45) is 11.8 Å².